The largest absolute Gasteiger partial charge is 0.371 e. The molecule has 0 saturated heterocycles. The normalized spacial score (nSPS) is 13.3. The number of hydrogen-bond donors (Lipinski definition) is 1. The molecule has 2 N–H and O–H groups in total. The first-order valence-corrected chi connectivity index (χ1v) is 7.83. The fourth-order valence-electron chi connectivity index (χ4n) is 1.69. The van der Waals surface area contributed by atoms with Crippen LogP contribution < -0.4 is 10.6 Å². The van der Waals surface area contributed by atoms with Gasteiger partial charge in [-0.25, -0.2) is 8.42 Å². The van der Waals surface area contributed by atoms with Crippen molar-refractivity contribution in [2.24, 2.45) is 5.73 Å². The monoisotopic (exact) mass is 270 g/mol. The van der Waals surface area contributed by atoms with Gasteiger partial charge >= 0.3 is 0 Å². The van der Waals surface area contributed by atoms with Crippen LogP contribution in [0.4, 0.5) is 5.69 Å². The second kappa shape index (κ2) is 6.20. The van der Waals surface area contributed by atoms with Crippen LogP contribution in [-0.4, -0.2) is 33.8 Å². The van der Waals surface area contributed by atoms with E-state index in [1.165, 1.54) is 0 Å². The van der Waals surface area contributed by atoms with Crippen LogP contribution in [0.5, 0.6) is 0 Å². The summed E-state index contributed by atoms with van der Waals surface area (Å²) in [7, 11) is -1.17. The van der Waals surface area contributed by atoms with Crippen molar-refractivity contribution in [3.8, 4) is 0 Å². The first-order chi connectivity index (χ1) is 8.42. The van der Waals surface area contributed by atoms with Crippen LogP contribution in [0.15, 0.2) is 29.2 Å². The molecule has 1 atom stereocenters. The molecule has 4 nitrogen and oxygen atoms in total. The SMILES string of the molecule is CCCS(=O)(=O)c1ccc(N(C)C(C)CN)cc1. The fraction of sp³-hybridized carbons (Fsp3) is 0.538. The molecular formula is C13H22N2O2S. The van der Waals surface area contributed by atoms with Gasteiger partial charge in [-0.1, -0.05) is 6.92 Å². The highest BCUT2D eigenvalue weighted by molar-refractivity contribution is 7.91. The van der Waals surface area contributed by atoms with Gasteiger partial charge in [0, 0.05) is 25.3 Å². The van der Waals surface area contributed by atoms with Crippen LogP contribution in [-0.2, 0) is 9.84 Å². The van der Waals surface area contributed by atoms with Crippen molar-refractivity contribution in [3.63, 3.8) is 0 Å². The molecule has 0 aliphatic carbocycles. The maximum Gasteiger partial charge on any atom is 0.178 e. The molecule has 0 aromatic heterocycles. The average Bonchev–Trinajstić information content (AvgIpc) is 2.37. The van der Waals surface area contributed by atoms with E-state index >= 15 is 0 Å². The molecule has 5 heteroatoms. The molecule has 0 amide bonds. The van der Waals surface area contributed by atoms with E-state index in [4.69, 9.17) is 5.73 Å². The molecule has 1 aromatic carbocycles. The lowest BCUT2D eigenvalue weighted by Gasteiger charge is -2.25. The number of benzene rings is 1. The van der Waals surface area contributed by atoms with Crippen LogP contribution in [0.3, 0.4) is 0 Å². The molecular weight excluding hydrogens is 248 g/mol. The molecule has 18 heavy (non-hydrogen) atoms. The number of rotatable bonds is 6. The molecule has 0 heterocycles. The minimum atomic E-state index is -3.12. The lowest BCUT2D eigenvalue weighted by atomic mass is 10.2. The zero-order chi connectivity index (χ0) is 13.8. The summed E-state index contributed by atoms with van der Waals surface area (Å²) in [5.74, 6) is 0.196. The van der Waals surface area contributed by atoms with Crippen molar-refractivity contribution in [1.29, 1.82) is 0 Å². The van der Waals surface area contributed by atoms with Crippen molar-refractivity contribution in [1.82, 2.24) is 0 Å². The Kier molecular flexibility index (Phi) is 5.16. The molecule has 1 rings (SSSR count). The molecule has 1 aromatic rings. The maximum absolute atomic E-state index is 11.9. The van der Waals surface area contributed by atoms with Gasteiger partial charge in [0.25, 0.3) is 0 Å². The Hall–Kier alpha value is -1.07. The maximum atomic E-state index is 11.9. The molecule has 0 aliphatic heterocycles. The van der Waals surface area contributed by atoms with Crippen LogP contribution >= 0.6 is 0 Å². The van der Waals surface area contributed by atoms with E-state index in [2.05, 4.69) is 0 Å². The van der Waals surface area contributed by atoms with Gasteiger partial charge in [0.05, 0.1) is 10.6 Å². The molecule has 0 bridgehead atoms. The Labute approximate surface area is 110 Å². The summed E-state index contributed by atoms with van der Waals surface area (Å²) in [4.78, 5) is 2.43. The summed E-state index contributed by atoms with van der Waals surface area (Å²) in [6.07, 6.45) is 0.633. The van der Waals surface area contributed by atoms with Crippen molar-refractivity contribution in [2.75, 3.05) is 24.2 Å². The first kappa shape index (κ1) is 15.0. The summed E-state index contributed by atoms with van der Waals surface area (Å²) >= 11 is 0. The Balaban J connectivity index is 2.93. The van der Waals surface area contributed by atoms with E-state index in [-0.39, 0.29) is 11.8 Å². The zero-order valence-corrected chi connectivity index (χ0v) is 12.1. The Bertz CT molecular complexity index is 468. The summed E-state index contributed by atoms with van der Waals surface area (Å²) in [5, 5.41) is 0. The van der Waals surface area contributed by atoms with E-state index in [1.54, 1.807) is 12.1 Å². The van der Waals surface area contributed by atoms with Crippen LogP contribution in [0.2, 0.25) is 0 Å². The van der Waals surface area contributed by atoms with Gasteiger partial charge in [-0.2, -0.15) is 0 Å². The van der Waals surface area contributed by atoms with Gasteiger partial charge in [0.2, 0.25) is 0 Å². The van der Waals surface area contributed by atoms with Crippen LogP contribution in [0.1, 0.15) is 20.3 Å². The standard InChI is InChI=1S/C13H22N2O2S/c1-4-9-18(16,17)13-7-5-12(6-8-13)15(3)11(2)10-14/h5-8,11H,4,9-10,14H2,1-3H3. The Morgan fingerprint density at radius 1 is 1.28 bits per heavy atom. The fourth-order valence-corrected chi connectivity index (χ4v) is 3.01. The van der Waals surface area contributed by atoms with Gasteiger partial charge in [0.1, 0.15) is 0 Å². The minimum absolute atomic E-state index is 0.196. The third-order valence-electron chi connectivity index (χ3n) is 3.08. The molecule has 102 valence electrons. The van der Waals surface area contributed by atoms with E-state index in [1.807, 2.05) is 37.9 Å². The number of nitrogens with two attached hydrogens (primary N) is 1. The number of nitrogens with zero attached hydrogens (tertiary/aromatic N) is 1. The first-order valence-electron chi connectivity index (χ1n) is 6.18. The Morgan fingerprint density at radius 3 is 2.28 bits per heavy atom. The number of likely N-dealkylation sites (N-methyl/N-ethyl adjacent to an activating group) is 1. The summed E-state index contributed by atoms with van der Waals surface area (Å²) in [6.45, 7) is 4.46. The lowest BCUT2D eigenvalue weighted by Crippen LogP contribution is -2.35. The molecule has 0 saturated carbocycles. The molecule has 0 radical (unpaired) electrons. The third kappa shape index (κ3) is 3.46. The van der Waals surface area contributed by atoms with Gasteiger partial charge in [0.15, 0.2) is 9.84 Å². The quantitative estimate of drug-likeness (QED) is 0.854. The summed E-state index contributed by atoms with van der Waals surface area (Å²) < 4.78 is 23.7. The van der Waals surface area contributed by atoms with Gasteiger partial charge in [-0.05, 0) is 37.6 Å². The second-order valence-corrected chi connectivity index (χ2v) is 6.62. The van der Waals surface area contributed by atoms with E-state index in [9.17, 15) is 8.42 Å². The number of anilines is 1. The third-order valence-corrected chi connectivity index (χ3v) is 5.01. The molecule has 0 aliphatic rings. The van der Waals surface area contributed by atoms with E-state index < -0.39 is 9.84 Å². The van der Waals surface area contributed by atoms with Crippen LogP contribution in [0, 0.1) is 0 Å². The minimum Gasteiger partial charge on any atom is -0.371 e. The highest BCUT2D eigenvalue weighted by Crippen LogP contribution is 2.19. The highest BCUT2D eigenvalue weighted by Gasteiger charge is 2.14. The topological polar surface area (TPSA) is 63.4 Å². The van der Waals surface area contributed by atoms with E-state index in [0.717, 1.165) is 5.69 Å². The van der Waals surface area contributed by atoms with Gasteiger partial charge < -0.3 is 10.6 Å². The van der Waals surface area contributed by atoms with Crippen LogP contribution in [0.25, 0.3) is 0 Å². The highest BCUT2D eigenvalue weighted by atomic mass is 32.2. The average molecular weight is 270 g/mol. The zero-order valence-electron chi connectivity index (χ0n) is 11.3. The molecule has 0 fully saturated rings. The van der Waals surface area contributed by atoms with Gasteiger partial charge in [-0.3, -0.25) is 0 Å². The predicted octanol–water partition coefficient (Wildman–Crippen LogP) is 1.65. The predicted molar refractivity (Wildman–Crippen MR) is 75.7 cm³/mol. The number of hydrogen-bond acceptors (Lipinski definition) is 4. The van der Waals surface area contributed by atoms with Crippen molar-refractivity contribution in [3.05, 3.63) is 24.3 Å². The van der Waals surface area contributed by atoms with Crippen molar-refractivity contribution < 1.29 is 8.42 Å². The summed E-state index contributed by atoms with van der Waals surface area (Å²) in [5.41, 5.74) is 6.59. The summed E-state index contributed by atoms with van der Waals surface area (Å²) in [6, 6.07) is 7.21. The Morgan fingerprint density at radius 2 is 1.83 bits per heavy atom. The van der Waals surface area contributed by atoms with E-state index in [0.29, 0.717) is 17.9 Å². The smallest absolute Gasteiger partial charge is 0.178 e. The lowest BCUT2D eigenvalue weighted by molar-refractivity contribution is 0.594. The van der Waals surface area contributed by atoms with Gasteiger partial charge in [-0.15, -0.1) is 0 Å². The van der Waals surface area contributed by atoms with Crippen molar-refractivity contribution >= 4 is 15.5 Å². The van der Waals surface area contributed by atoms with Crippen molar-refractivity contribution in [2.45, 2.75) is 31.2 Å². The second-order valence-electron chi connectivity index (χ2n) is 4.51. The molecule has 0 spiro atoms. The number of sulfone groups is 1. The molecule has 1 unspecified atom stereocenters.